The number of nitrogens with zero attached hydrogens (tertiary/aromatic N) is 6. The minimum atomic E-state index is -0.177. The molecule has 3 aliphatic rings. The van der Waals surface area contributed by atoms with Gasteiger partial charge < -0.3 is 5.32 Å². The number of nitrogens with one attached hydrogen (secondary N) is 1. The summed E-state index contributed by atoms with van der Waals surface area (Å²) in [6, 6.07) is 7.56. The smallest absolute Gasteiger partial charge is 0.254 e. The average molecular weight is 488 g/mol. The Morgan fingerprint density at radius 1 is 1.20 bits per heavy atom. The predicted molar refractivity (Wildman–Crippen MR) is 127 cm³/mol. The van der Waals surface area contributed by atoms with Gasteiger partial charge in [-0.05, 0) is 54.9 Å². The zero-order valence-electron chi connectivity index (χ0n) is 18.8. The molecular weight excluding hydrogens is 466 g/mol. The Morgan fingerprint density at radius 3 is 2.71 bits per heavy atom. The maximum absolute atomic E-state index is 12.7. The van der Waals surface area contributed by atoms with Crippen molar-refractivity contribution < 1.29 is 9.59 Å². The summed E-state index contributed by atoms with van der Waals surface area (Å²) in [6.45, 7) is 1.13. The summed E-state index contributed by atoms with van der Waals surface area (Å²) in [7, 11) is 0. The van der Waals surface area contributed by atoms with Gasteiger partial charge in [0, 0.05) is 47.7 Å². The monoisotopic (exact) mass is 487 g/mol. The average Bonchev–Trinajstić information content (AvgIpc) is 3.33. The van der Waals surface area contributed by atoms with Crippen molar-refractivity contribution in [3.05, 3.63) is 70.3 Å². The number of rotatable bonds is 6. The van der Waals surface area contributed by atoms with Crippen molar-refractivity contribution in [2.24, 2.45) is 11.8 Å². The van der Waals surface area contributed by atoms with Crippen LogP contribution in [0.5, 0.6) is 0 Å². The lowest BCUT2D eigenvalue weighted by Crippen LogP contribution is -2.43. The number of piperidine rings is 1. The third-order valence-electron chi connectivity index (χ3n) is 7.14. The van der Waals surface area contributed by atoms with Crippen molar-refractivity contribution in [3.63, 3.8) is 0 Å². The van der Waals surface area contributed by atoms with Crippen LogP contribution in [0.25, 0.3) is 0 Å². The molecular formula is C25H22ClN7O2. The second-order valence-corrected chi connectivity index (χ2v) is 9.99. The number of amides is 2. The molecule has 1 aromatic carbocycles. The molecule has 0 radical (unpaired) electrons. The van der Waals surface area contributed by atoms with E-state index >= 15 is 0 Å². The van der Waals surface area contributed by atoms with E-state index in [1.807, 2.05) is 6.07 Å². The first-order valence-electron chi connectivity index (χ1n) is 11.6. The van der Waals surface area contributed by atoms with E-state index in [-0.39, 0.29) is 29.7 Å². The zero-order chi connectivity index (χ0) is 24.1. The van der Waals surface area contributed by atoms with E-state index in [0.717, 1.165) is 30.4 Å². The first kappa shape index (κ1) is 21.7. The number of anilines is 1. The third-order valence-corrected chi connectivity index (χ3v) is 7.38. The quantitative estimate of drug-likeness (QED) is 0.571. The van der Waals surface area contributed by atoms with Crippen LogP contribution in [0.15, 0.2) is 43.0 Å². The highest BCUT2D eigenvalue weighted by Gasteiger charge is 2.53. The molecule has 9 nitrogen and oxygen atoms in total. The predicted octanol–water partition coefficient (Wildman–Crippen LogP) is 2.91. The molecule has 0 bridgehead atoms. The summed E-state index contributed by atoms with van der Waals surface area (Å²) in [4.78, 5) is 35.3. The van der Waals surface area contributed by atoms with Crippen LogP contribution in [0.3, 0.4) is 0 Å². The van der Waals surface area contributed by atoms with Crippen molar-refractivity contribution in [3.8, 4) is 6.07 Å². The summed E-state index contributed by atoms with van der Waals surface area (Å²) in [5.74, 6) is 1.25. The lowest BCUT2D eigenvalue weighted by atomic mass is 9.74. The molecule has 3 heterocycles. The highest BCUT2D eigenvalue weighted by Crippen LogP contribution is 2.46. The normalized spacial score (nSPS) is 24.5. The number of carbonyl (C=O) groups is 2. The Kier molecular flexibility index (Phi) is 5.26. The minimum Gasteiger partial charge on any atom is -0.349 e. The molecule has 2 amide bonds. The summed E-state index contributed by atoms with van der Waals surface area (Å²) >= 11 is 6.10. The number of hydrogen-bond donors (Lipinski definition) is 1. The van der Waals surface area contributed by atoms with Crippen LogP contribution in [0.2, 0.25) is 5.02 Å². The third kappa shape index (κ3) is 4.15. The van der Waals surface area contributed by atoms with Crippen LogP contribution < -0.4 is 10.2 Å². The Labute approximate surface area is 206 Å². The van der Waals surface area contributed by atoms with Gasteiger partial charge in [0.05, 0.1) is 29.9 Å². The van der Waals surface area contributed by atoms with Gasteiger partial charge in [-0.3, -0.25) is 19.2 Å². The van der Waals surface area contributed by atoms with Crippen molar-refractivity contribution >= 4 is 29.4 Å². The maximum Gasteiger partial charge on any atom is 0.254 e. The van der Waals surface area contributed by atoms with E-state index < -0.39 is 0 Å². The molecule has 1 saturated heterocycles. The number of aromatic nitrogens is 4. The molecule has 3 aromatic rings. The van der Waals surface area contributed by atoms with Gasteiger partial charge in [0.2, 0.25) is 11.9 Å². The molecule has 2 atom stereocenters. The second kappa shape index (κ2) is 8.47. The lowest BCUT2D eigenvalue weighted by molar-refractivity contribution is -0.118. The molecule has 1 aliphatic heterocycles. The Hall–Kier alpha value is -3.77. The van der Waals surface area contributed by atoms with Crippen LogP contribution >= 0.6 is 11.6 Å². The van der Waals surface area contributed by atoms with E-state index in [1.165, 1.54) is 0 Å². The molecule has 0 spiro atoms. The molecule has 6 rings (SSSR count). The number of carbonyl (C=O) groups excluding carboxylic acids is 2. The van der Waals surface area contributed by atoms with E-state index in [2.05, 4.69) is 26.5 Å². The molecule has 2 aromatic heterocycles. The van der Waals surface area contributed by atoms with Crippen LogP contribution in [-0.4, -0.2) is 44.1 Å². The standard InChI is InChI=1S/C25H22ClN7O2/c26-19-2-1-15(7-27)21(6-19)16-3-20(4-16)31-23(34)18-10-30-32(12-18)11-14-8-28-25(29-9-14)33-13-17-5-22(17)24(33)35/h1-2,6,8-10,12,16-17,20,22H,3-5,11,13H2,(H,31,34)/t16-,17-,20+,22-/m1/s1. The second-order valence-electron chi connectivity index (χ2n) is 9.55. The fourth-order valence-corrected chi connectivity index (χ4v) is 5.19. The van der Waals surface area contributed by atoms with Crippen molar-refractivity contribution in [2.75, 3.05) is 11.4 Å². The number of fused-ring (bicyclic) bond motifs is 1. The van der Waals surface area contributed by atoms with Crippen LogP contribution in [0, 0.1) is 23.2 Å². The minimum absolute atomic E-state index is 0.0432. The molecule has 0 unspecified atom stereocenters. The number of nitriles is 1. The number of hydrogen-bond acceptors (Lipinski definition) is 6. The zero-order valence-corrected chi connectivity index (χ0v) is 19.5. The molecule has 1 N–H and O–H groups in total. The highest BCUT2D eigenvalue weighted by atomic mass is 35.5. The highest BCUT2D eigenvalue weighted by molar-refractivity contribution is 6.30. The molecule has 10 heteroatoms. The van der Waals surface area contributed by atoms with Crippen LogP contribution in [0.1, 0.15) is 52.2 Å². The van der Waals surface area contributed by atoms with Gasteiger partial charge in [-0.2, -0.15) is 10.4 Å². The van der Waals surface area contributed by atoms with Gasteiger partial charge in [-0.15, -0.1) is 0 Å². The fraction of sp³-hybridized carbons (Fsp3) is 0.360. The Morgan fingerprint density at radius 2 is 2.00 bits per heavy atom. The molecule has 3 fully saturated rings. The van der Waals surface area contributed by atoms with Crippen molar-refractivity contribution in [2.45, 2.75) is 37.8 Å². The SMILES string of the molecule is N#Cc1ccc(Cl)cc1[C@H]1C[C@@H](NC(=O)c2cnn(Cc3cnc(N4C[C@H]5C[C@H]5C4=O)nc3)c2)C1. The molecule has 35 heavy (non-hydrogen) atoms. The van der Waals surface area contributed by atoms with Gasteiger partial charge >= 0.3 is 0 Å². The lowest BCUT2D eigenvalue weighted by Gasteiger charge is -2.36. The van der Waals surface area contributed by atoms with Gasteiger partial charge in [-0.1, -0.05) is 11.6 Å². The van der Waals surface area contributed by atoms with Gasteiger partial charge in [0.1, 0.15) is 0 Å². The number of halogens is 1. The van der Waals surface area contributed by atoms with Gasteiger partial charge in [-0.25, -0.2) is 9.97 Å². The fourth-order valence-electron chi connectivity index (χ4n) is 5.01. The molecule has 2 aliphatic carbocycles. The van der Waals surface area contributed by atoms with E-state index in [9.17, 15) is 14.9 Å². The molecule has 2 saturated carbocycles. The van der Waals surface area contributed by atoms with Crippen LogP contribution in [0.4, 0.5) is 5.95 Å². The van der Waals surface area contributed by atoms with Gasteiger partial charge in [0.25, 0.3) is 5.91 Å². The van der Waals surface area contributed by atoms with E-state index in [4.69, 9.17) is 11.6 Å². The first-order chi connectivity index (χ1) is 17.0. The number of benzene rings is 1. The topological polar surface area (TPSA) is 117 Å². The molecule has 176 valence electrons. The maximum atomic E-state index is 12.7. The summed E-state index contributed by atoms with van der Waals surface area (Å²) < 4.78 is 1.66. The summed E-state index contributed by atoms with van der Waals surface area (Å²) in [5.41, 5.74) is 2.88. The summed E-state index contributed by atoms with van der Waals surface area (Å²) in [6.07, 6.45) is 9.15. The largest absolute Gasteiger partial charge is 0.349 e. The van der Waals surface area contributed by atoms with Crippen molar-refractivity contribution in [1.29, 1.82) is 5.26 Å². The van der Waals surface area contributed by atoms with Crippen LogP contribution in [-0.2, 0) is 11.3 Å². The van der Waals surface area contributed by atoms with E-state index in [1.54, 1.807) is 46.5 Å². The first-order valence-corrected chi connectivity index (χ1v) is 12.0. The summed E-state index contributed by atoms with van der Waals surface area (Å²) in [5, 5.41) is 17.3. The Bertz CT molecular complexity index is 1360. The van der Waals surface area contributed by atoms with E-state index in [0.29, 0.717) is 41.1 Å². The van der Waals surface area contributed by atoms with Crippen molar-refractivity contribution in [1.82, 2.24) is 25.1 Å². The van der Waals surface area contributed by atoms with Gasteiger partial charge in [0.15, 0.2) is 0 Å². The Balaban J connectivity index is 1.03.